The molecule has 2 aliphatic carbocycles. The number of benzene rings is 3. The summed E-state index contributed by atoms with van der Waals surface area (Å²) in [6.07, 6.45) is -3.92. The maximum Gasteiger partial charge on any atom is 0.498 e. The molecule has 2 aliphatic rings. The highest BCUT2D eigenvalue weighted by molar-refractivity contribution is 6.61. The van der Waals surface area contributed by atoms with E-state index in [0.717, 1.165) is 48.5 Å². The molecule has 0 saturated heterocycles. The van der Waals surface area contributed by atoms with Gasteiger partial charge in [-0.15, -0.1) is 0 Å². The van der Waals surface area contributed by atoms with E-state index in [1.54, 1.807) is 0 Å². The van der Waals surface area contributed by atoms with Crippen LogP contribution in [0, 0.1) is 23.3 Å². The molecule has 0 saturated carbocycles. The molecule has 0 aliphatic heterocycles. The fraction of sp³-hybridized carbons (Fsp3) is 0.0833. The molecule has 2 nitrogen and oxygen atoms in total. The zero-order chi connectivity index (χ0) is 25.0. The predicted molar refractivity (Wildman–Crippen MR) is 110 cm³/mol. The van der Waals surface area contributed by atoms with E-state index in [-0.39, 0.29) is 11.1 Å². The summed E-state index contributed by atoms with van der Waals surface area (Å²) in [5.41, 5.74) is -2.65. The molecule has 0 amide bonds. The van der Waals surface area contributed by atoms with E-state index in [4.69, 9.17) is 9.31 Å². The lowest BCUT2D eigenvalue weighted by Gasteiger charge is -2.24. The van der Waals surface area contributed by atoms with Crippen LogP contribution in [0.1, 0.15) is 34.5 Å². The third-order valence-corrected chi connectivity index (χ3v) is 5.71. The zero-order valence-electron chi connectivity index (χ0n) is 17.3. The average molecular weight is 494 g/mol. The smallest absolute Gasteiger partial charge is 0.393 e. The van der Waals surface area contributed by atoms with Gasteiger partial charge >= 0.3 is 7.12 Å². The van der Waals surface area contributed by atoms with E-state index in [9.17, 15) is 35.1 Å². The van der Waals surface area contributed by atoms with Crippen molar-refractivity contribution >= 4 is 24.2 Å². The van der Waals surface area contributed by atoms with Gasteiger partial charge in [-0.05, 0) is 29.3 Å². The number of rotatable bonds is 5. The molecular formula is C24H11BF8O2. The summed E-state index contributed by atoms with van der Waals surface area (Å²) >= 11 is 0. The van der Waals surface area contributed by atoms with E-state index in [2.05, 4.69) is 0 Å². The van der Waals surface area contributed by atoms with Crippen molar-refractivity contribution < 1.29 is 44.4 Å². The summed E-state index contributed by atoms with van der Waals surface area (Å²) in [5, 5.41) is 0. The Labute approximate surface area is 193 Å². The van der Waals surface area contributed by atoms with Crippen molar-refractivity contribution in [3.8, 4) is 0 Å². The Hall–Kier alpha value is -3.44. The second-order valence-corrected chi connectivity index (χ2v) is 7.76. The molecule has 178 valence electrons. The molecule has 2 unspecified atom stereocenters. The highest BCUT2D eigenvalue weighted by Gasteiger charge is 2.44. The van der Waals surface area contributed by atoms with Crippen LogP contribution in [0.5, 0.6) is 0 Å². The monoisotopic (exact) mass is 494 g/mol. The van der Waals surface area contributed by atoms with Gasteiger partial charge in [0.2, 0.25) is 0 Å². The van der Waals surface area contributed by atoms with E-state index >= 15 is 0 Å². The molecule has 0 radical (unpaired) electrons. The van der Waals surface area contributed by atoms with Crippen molar-refractivity contribution in [2.75, 3.05) is 0 Å². The Morgan fingerprint density at radius 1 is 0.571 bits per heavy atom. The van der Waals surface area contributed by atoms with Gasteiger partial charge in [0.25, 0.3) is 0 Å². The summed E-state index contributed by atoms with van der Waals surface area (Å²) in [6, 6.07) is 8.43. The summed E-state index contributed by atoms with van der Waals surface area (Å²) in [5.74, 6) is -10.7. The SMILES string of the molecule is FC1=C(F)C(OB(OC2C(F)=C(F)c3c(F)cccc32)c2ccc(F)cc2F)c2cccc(F)c21. The summed E-state index contributed by atoms with van der Waals surface area (Å²) in [6.45, 7) is 0. The molecule has 0 N–H and O–H groups in total. The Balaban J connectivity index is 1.58. The fourth-order valence-corrected chi connectivity index (χ4v) is 4.11. The van der Waals surface area contributed by atoms with Crippen molar-refractivity contribution in [1.29, 1.82) is 0 Å². The van der Waals surface area contributed by atoms with E-state index < -0.39 is 82.5 Å². The van der Waals surface area contributed by atoms with Gasteiger partial charge in [-0.1, -0.05) is 30.3 Å². The molecule has 3 aromatic carbocycles. The second kappa shape index (κ2) is 8.65. The first-order chi connectivity index (χ1) is 16.7. The molecule has 3 aromatic rings. The Kier molecular flexibility index (Phi) is 5.76. The summed E-state index contributed by atoms with van der Waals surface area (Å²) in [7, 11) is -2.09. The lowest BCUT2D eigenvalue weighted by atomic mass is 9.77. The van der Waals surface area contributed by atoms with Crippen LogP contribution in [0.15, 0.2) is 66.3 Å². The topological polar surface area (TPSA) is 18.5 Å². The number of halogens is 8. The van der Waals surface area contributed by atoms with Crippen LogP contribution in [0.2, 0.25) is 0 Å². The van der Waals surface area contributed by atoms with Crippen LogP contribution < -0.4 is 5.46 Å². The van der Waals surface area contributed by atoms with Gasteiger partial charge < -0.3 is 9.31 Å². The molecule has 0 bridgehead atoms. The van der Waals surface area contributed by atoms with Crippen LogP contribution in [0.25, 0.3) is 11.7 Å². The number of hydrogen-bond acceptors (Lipinski definition) is 2. The van der Waals surface area contributed by atoms with Crippen molar-refractivity contribution in [3.05, 3.63) is 112 Å². The van der Waals surface area contributed by atoms with Crippen molar-refractivity contribution in [3.63, 3.8) is 0 Å². The summed E-state index contributed by atoms with van der Waals surface area (Å²) < 4.78 is 126. The minimum atomic E-state index is -2.09. The second-order valence-electron chi connectivity index (χ2n) is 7.76. The quantitative estimate of drug-likeness (QED) is 0.291. The van der Waals surface area contributed by atoms with Crippen molar-refractivity contribution in [1.82, 2.24) is 0 Å². The van der Waals surface area contributed by atoms with Gasteiger partial charge in [-0.25, -0.2) is 35.1 Å². The van der Waals surface area contributed by atoms with E-state index in [0.29, 0.717) is 6.07 Å². The van der Waals surface area contributed by atoms with Crippen molar-refractivity contribution in [2.45, 2.75) is 12.2 Å². The Morgan fingerprint density at radius 2 is 1.06 bits per heavy atom. The highest BCUT2D eigenvalue weighted by Crippen LogP contribution is 2.48. The lowest BCUT2D eigenvalue weighted by molar-refractivity contribution is 0.119. The molecule has 11 heteroatoms. The average Bonchev–Trinajstić information content (AvgIpc) is 3.20. The van der Waals surface area contributed by atoms with Crippen LogP contribution in [-0.4, -0.2) is 7.12 Å². The third-order valence-electron chi connectivity index (χ3n) is 5.71. The predicted octanol–water partition coefficient (Wildman–Crippen LogP) is 6.70. The maximum atomic E-state index is 14.7. The molecule has 0 fully saturated rings. The van der Waals surface area contributed by atoms with Crippen LogP contribution >= 0.6 is 0 Å². The molecule has 35 heavy (non-hydrogen) atoms. The normalized spacial score (nSPS) is 18.9. The van der Waals surface area contributed by atoms with E-state index in [1.807, 2.05) is 0 Å². The fourth-order valence-electron chi connectivity index (χ4n) is 4.11. The first-order valence-corrected chi connectivity index (χ1v) is 10.1. The van der Waals surface area contributed by atoms with Gasteiger partial charge in [0.05, 0.1) is 11.1 Å². The Bertz CT molecular complexity index is 1340. The molecule has 5 rings (SSSR count). The molecular weight excluding hydrogens is 483 g/mol. The minimum absolute atomic E-state index is 0.309. The molecule has 0 spiro atoms. The van der Waals surface area contributed by atoms with Crippen molar-refractivity contribution in [2.24, 2.45) is 0 Å². The van der Waals surface area contributed by atoms with Gasteiger partial charge in [-0.3, -0.25) is 0 Å². The maximum absolute atomic E-state index is 14.7. The lowest BCUT2D eigenvalue weighted by Crippen LogP contribution is -2.41. The third kappa shape index (κ3) is 3.75. The standard InChI is InChI=1S/C24H11BF8O2/c26-10-7-8-13(16(29)9-10)25(34-23-11-3-1-5-14(27)17(11)19(30)21(23)32)35-24-12-4-2-6-15(28)18(12)20(31)22(24)33/h1-9,23-24H. The molecule has 0 heterocycles. The van der Waals surface area contributed by atoms with E-state index in [1.165, 1.54) is 0 Å². The first-order valence-electron chi connectivity index (χ1n) is 10.1. The van der Waals surface area contributed by atoms with Gasteiger partial charge in [0.1, 0.15) is 35.5 Å². The van der Waals surface area contributed by atoms with Gasteiger partial charge in [-0.2, -0.15) is 0 Å². The zero-order valence-corrected chi connectivity index (χ0v) is 17.3. The number of hydrogen-bond donors (Lipinski definition) is 0. The molecule has 2 atom stereocenters. The van der Waals surface area contributed by atoms with Crippen LogP contribution in [0.4, 0.5) is 35.1 Å². The minimum Gasteiger partial charge on any atom is -0.393 e. The molecule has 0 aromatic heterocycles. The highest BCUT2D eigenvalue weighted by atomic mass is 19.2. The van der Waals surface area contributed by atoms with Gasteiger partial charge in [0.15, 0.2) is 23.3 Å². The first kappa shape index (κ1) is 23.3. The van der Waals surface area contributed by atoms with Gasteiger partial charge in [0, 0.05) is 11.5 Å². The number of fused-ring (bicyclic) bond motifs is 2. The van der Waals surface area contributed by atoms with Crippen LogP contribution in [-0.2, 0) is 9.31 Å². The van der Waals surface area contributed by atoms with Crippen LogP contribution in [0.3, 0.4) is 0 Å². The largest absolute Gasteiger partial charge is 0.498 e. The Morgan fingerprint density at radius 3 is 1.51 bits per heavy atom. The summed E-state index contributed by atoms with van der Waals surface area (Å²) in [4.78, 5) is 0.